The molecular formula is C16H17ClO2. The minimum atomic E-state index is -0.783. The van der Waals surface area contributed by atoms with Gasteiger partial charge in [0.2, 0.25) is 0 Å². The van der Waals surface area contributed by atoms with Gasteiger partial charge in [-0.25, -0.2) is 0 Å². The molecule has 0 spiro atoms. The number of aryl methyl sites for hydroxylation is 1. The van der Waals surface area contributed by atoms with Crippen molar-refractivity contribution in [2.75, 3.05) is 7.11 Å². The third-order valence-corrected chi connectivity index (χ3v) is 3.54. The summed E-state index contributed by atoms with van der Waals surface area (Å²) in [6.45, 7) is 2.10. The van der Waals surface area contributed by atoms with Gasteiger partial charge in [0.25, 0.3) is 0 Å². The third kappa shape index (κ3) is 2.91. The van der Waals surface area contributed by atoms with Crippen LogP contribution >= 0.6 is 11.6 Å². The smallest absolute Gasteiger partial charge is 0.126 e. The molecule has 0 saturated heterocycles. The SMILES string of the molecule is CCc1ccc(C(O)c2c(Cl)cccc2OC)cc1. The number of halogens is 1. The molecule has 1 unspecified atom stereocenters. The van der Waals surface area contributed by atoms with Crippen molar-refractivity contribution in [3.63, 3.8) is 0 Å². The van der Waals surface area contributed by atoms with Crippen LogP contribution in [0.25, 0.3) is 0 Å². The predicted molar refractivity (Wildman–Crippen MR) is 77.9 cm³/mol. The molecule has 2 nitrogen and oxygen atoms in total. The van der Waals surface area contributed by atoms with Gasteiger partial charge in [0.05, 0.1) is 12.1 Å². The molecule has 0 bridgehead atoms. The van der Waals surface area contributed by atoms with Crippen LogP contribution in [0.5, 0.6) is 5.75 Å². The van der Waals surface area contributed by atoms with E-state index in [0.717, 1.165) is 12.0 Å². The number of ether oxygens (including phenoxy) is 1. The van der Waals surface area contributed by atoms with Crippen molar-refractivity contribution in [3.8, 4) is 5.75 Å². The van der Waals surface area contributed by atoms with Crippen LogP contribution in [0.3, 0.4) is 0 Å². The van der Waals surface area contributed by atoms with Gasteiger partial charge in [0.15, 0.2) is 0 Å². The molecule has 100 valence electrons. The van der Waals surface area contributed by atoms with E-state index in [1.807, 2.05) is 24.3 Å². The molecule has 3 heteroatoms. The lowest BCUT2D eigenvalue weighted by Gasteiger charge is -2.17. The Bertz CT molecular complexity index is 549. The summed E-state index contributed by atoms with van der Waals surface area (Å²) in [5.41, 5.74) is 2.65. The Hall–Kier alpha value is -1.51. The Labute approximate surface area is 118 Å². The Balaban J connectivity index is 2.40. The van der Waals surface area contributed by atoms with Crippen LogP contribution in [-0.2, 0) is 6.42 Å². The van der Waals surface area contributed by atoms with Crippen molar-refractivity contribution >= 4 is 11.6 Å². The number of methoxy groups -OCH3 is 1. The van der Waals surface area contributed by atoms with E-state index in [-0.39, 0.29) is 0 Å². The van der Waals surface area contributed by atoms with E-state index in [2.05, 4.69) is 6.92 Å². The highest BCUT2D eigenvalue weighted by molar-refractivity contribution is 6.31. The minimum Gasteiger partial charge on any atom is -0.496 e. The quantitative estimate of drug-likeness (QED) is 0.915. The van der Waals surface area contributed by atoms with E-state index < -0.39 is 6.10 Å². The zero-order valence-corrected chi connectivity index (χ0v) is 11.8. The van der Waals surface area contributed by atoms with E-state index in [9.17, 15) is 5.11 Å². The Morgan fingerprint density at radius 3 is 2.42 bits per heavy atom. The molecule has 1 atom stereocenters. The average molecular weight is 277 g/mol. The van der Waals surface area contributed by atoms with Crippen molar-refractivity contribution in [2.24, 2.45) is 0 Å². The van der Waals surface area contributed by atoms with Gasteiger partial charge >= 0.3 is 0 Å². The highest BCUT2D eigenvalue weighted by Gasteiger charge is 2.18. The molecular weight excluding hydrogens is 260 g/mol. The first kappa shape index (κ1) is 13.9. The maximum Gasteiger partial charge on any atom is 0.126 e. The lowest BCUT2D eigenvalue weighted by Crippen LogP contribution is -2.03. The fourth-order valence-corrected chi connectivity index (χ4v) is 2.33. The van der Waals surface area contributed by atoms with Crippen molar-refractivity contribution in [1.29, 1.82) is 0 Å². The molecule has 0 fully saturated rings. The lowest BCUT2D eigenvalue weighted by atomic mass is 9.99. The van der Waals surface area contributed by atoms with E-state index in [1.54, 1.807) is 25.3 Å². The second-order valence-corrected chi connectivity index (χ2v) is 4.76. The first-order valence-corrected chi connectivity index (χ1v) is 6.64. The van der Waals surface area contributed by atoms with Crippen LogP contribution in [0.1, 0.15) is 29.7 Å². The first-order valence-electron chi connectivity index (χ1n) is 6.26. The first-order chi connectivity index (χ1) is 9.17. The molecule has 2 rings (SSSR count). The second-order valence-electron chi connectivity index (χ2n) is 4.35. The predicted octanol–water partition coefficient (Wildman–Crippen LogP) is 3.99. The average Bonchev–Trinajstić information content (AvgIpc) is 2.46. The van der Waals surface area contributed by atoms with Gasteiger partial charge in [-0.2, -0.15) is 0 Å². The normalized spacial score (nSPS) is 12.2. The highest BCUT2D eigenvalue weighted by atomic mass is 35.5. The van der Waals surface area contributed by atoms with E-state index in [4.69, 9.17) is 16.3 Å². The molecule has 0 saturated carbocycles. The summed E-state index contributed by atoms with van der Waals surface area (Å²) in [6, 6.07) is 13.2. The summed E-state index contributed by atoms with van der Waals surface area (Å²) in [5.74, 6) is 0.597. The topological polar surface area (TPSA) is 29.5 Å². The number of hydrogen-bond donors (Lipinski definition) is 1. The second kappa shape index (κ2) is 6.09. The zero-order valence-electron chi connectivity index (χ0n) is 11.1. The van der Waals surface area contributed by atoms with E-state index in [0.29, 0.717) is 16.3 Å². The summed E-state index contributed by atoms with van der Waals surface area (Å²) >= 11 is 6.17. The van der Waals surface area contributed by atoms with E-state index >= 15 is 0 Å². The Morgan fingerprint density at radius 2 is 1.84 bits per heavy atom. The molecule has 0 aliphatic carbocycles. The molecule has 2 aromatic carbocycles. The lowest BCUT2D eigenvalue weighted by molar-refractivity contribution is 0.215. The van der Waals surface area contributed by atoms with Gasteiger partial charge in [-0.05, 0) is 29.7 Å². The summed E-state index contributed by atoms with van der Waals surface area (Å²) in [4.78, 5) is 0. The van der Waals surface area contributed by atoms with Gasteiger partial charge in [-0.15, -0.1) is 0 Å². The van der Waals surface area contributed by atoms with Crippen LogP contribution in [0.15, 0.2) is 42.5 Å². The van der Waals surface area contributed by atoms with Crippen LogP contribution in [-0.4, -0.2) is 12.2 Å². The fraction of sp³-hybridized carbons (Fsp3) is 0.250. The van der Waals surface area contributed by atoms with Crippen LogP contribution in [0, 0.1) is 0 Å². The number of aliphatic hydroxyl groups is 1. The van der Waals surface area contributed by atoms with Crippen molar-refractivity contribution < 1.29 is 9.84 Å². The van der Waals surface area contributed by atoms with Gasteiger partial charge in [0.1, 0.15) is 11.9 Å². The van der Waals surface area contributed by atoms with Gasteiger partial charge in [-0.3, -0.25) is 0 Å². The number of rotatable bonds is 4. The Morgan fingerprint density at radius 1 is 1.16 bits per heavy atom. The van der Waals surface area contributed by atoms with E-state index in [1.165, 1.54) is 5.56 Å². The highest BCUT2D eigenvalue weighted by Crippen LogP contribution is 2.35. The maximum absolute atomic E-state index is 10.5. The van der Waals surface area contributed by atoms with Crippen LogP contribution in [0.2, 0.25) is 5.02 Å². The molecule has 0 radical (unpaired) electrons. The minimum absolute atomic E-state index is 0.506. The standard InChI is InChI=1S/C16H17ClO2/c1-3-11-7-9-12(10-8-11)16(18)15-13(17)5-4-6-14(15)19-2/h4-10,16,18H,3H2,1-2H3. The fourth-order valence-electron chi connectivity index (χ4n) is 2.06. The van der Waals surface area contributed by atoms with Gasteiger partial charge in [-0.1, -0.05) is 48.9 Å². The molecule has 1 N–H and O–H groups in total. The van der Waals surface area contributed by atoms with Crippen molar-refractivity contribution in [3.05, 3.63) is 64.2 Å². The number of benzene rings is 2. The summed E-state index contributed by atoms with van der Waals surface area (Å²) in [6.07, 6.45) is 0.195. The molecule has 0 amide bonds. The molecule has 2 aromatic rings. The van der Waals surface area contributed by atoms with Gasteiger partial charge < -0.3 is 9.84 Å². The third-order valence-electron chi connectivity index (χ3n) is 3.21. The molecule has 0 heterocycles. The van der Waals surface area contributed by atoms with Crippen molar-refractivity contribution in [2.45, 2.75) is 19.4 Å². The summed E-state index contributed by atoms with van der Waals surface area (Å²) < 4.78 is 5.27. The zero-order chi connectivity index (χ0) is 13.8. The van der Waals surface area contributed by atoms with Crippen molar-refractivity contribution in [1.82, 2.24) is 0 Å². The van der Waals surface area contributed by atoms with Crippen LogP contribution in [0.4, 0.5) is 0 Å². The summed E-state index contributed by atoms with van der Waals surface area (Å²) in [7, 11) is 1.57. The molecule has 0 aliphatic heterocycles. The van der Waals surface area contributed by atoms with Gasteiger partial charge in [0, 0.05) is 5.56 Å². The molecule has 0 aliphatic rings. The molecule has 19 heavy (non-hydrogen) atoms. The number of hydrogen-bond acceptors (Lipinski definition) is 2. The monoisotopic (exact) mass is 276 g/mol. The summed E-state index contributed by atoms with van der Waals surface area (Å²) in [5, 5.41) is 11.0. The largest absolute Gasteiger partial charge is 0.496 e. The molecule has 0 aromatic heterocycles. The maximum atomic E-state index is 10.5. The Kier molecular flexibility index (Phi) is 4.46. The van der Waals surface area contributed by atoms with Crippen LogP contribution < -0.4 is 4.74 Å². The number of aliphatic hydroxyl groups excluding tert-OH is 1.